The maximum absolute atomic E-state index is 12.5. The third-order valence-electron chi connectivity index (χ3n) is 5.24. The van der Waals surface area contributed by atoms with E-state index in [4.69, 9.17) is 4.74 Å². The molecule has 3 aromatic rings. The molecule has 1 amide bonds. The Morgan fingerprint density at radius 3 is 2.58 bits per heavy atom. The highest BCUT2D eigenvalue weighted by Gasteiger charge is 2.16. The number of benzene rings is 2. The van der Waals surface area contributed by atoms with Gasteiger partial charge in [0.25, 0.3) is 0 Å². The normalized spacial score (nSPS) is 11.0. The van der Waals surface area contributed by atoms with E-state index in [0.29, 0.717) is 30.1 Å². The van der Waals surface area contributed by atoms with Gasteiger partial charge in [-0.2, -0.15) is 0 Å². The number of aromatic nitrogens is 3. The smallest absolute Gasteiger partial charge is 0.234 e. The molecule has 0 aliphatic heterocycles. The predicted molar refractivity (Wildman–Crippen MR) is 135 cm³/mol. The zero-order chi connectivity index (χ0) is 24.0. The van der Waals surface area contributed by atoms with Crippen molar-refractivity contribution in [2.24, 2.45) is 0 Å². The average Bonchev–Trinajstić information content (AvgIpc) is 3.14. The van der Waals surface area contributed by atoms with Crippen LogP contribution in [0.25, 0.3) is 0 Å². The van der Waals surface area contributed by atoms with Gasteiger partial charge in [0.1, 0.15) is 12.4 Å². The number of carbonyl (C=O) groups excluding carboxylic acids is 1. The lowest BCUT2D eigenvalue weighted by molar-refractivity contribution is -0.113. The summed E-state index contributed by atoms with van der Waals surface area (Å²) in [6, 6.07) is 12.2. The first-order chi connectivity index (χ1) is 15.8. The molecule has 7 heteroatoms. The van der Waals surface area contributed by atoms with Crippen molar-refractivity contribution in [2.45, 2.75) is 58.8 Å². The third-order valence-corrected chi connectivity index (χ3v) is 6.21. The van der Waals surface area contributed by atoms with E-state index in [1.54, 1.807) is 6.08 Å². The molecule has 33 heavy (non-hydrogen) atoms. The second-order valence-corrected chi connectivity index (χ2v) is 9.38. The Hall–Kier alpha value is -3.06. The largest absolute Gasteiger partial charge is 0.485 e. The molecule has 3 rings (SSSR count). The van der Waals surface area contributed by atoms with Crippen molar-refractivity contribution in [3.8, 4) is 5.75 Å². The molecule has 0 fully saturated rings. The number of hydrogen-bond donors (Lipinski definition) is 1. The quantitative estimate of drug-likeness (QED) is 0.302. The van der Waals surface area contributed by atoms with Crippen LogP contribution in [0.5, 0.6) is 5.75 Å². The summed E-state index contributed by atoms with van der Waals surface area (Å²) < 4.78 is 8.08. The van der Waals surface area contributed by atoms with Crippen LogP contribution in [-0.2, 0) is 17.9 Å². The minimum absolute atomic E-state index is 0.0840. The topological polar surface area (TPSA) is 69.0 Å². The molecule has 0 aliphatic rings. The van der Waals surface area contributed by atoms with Crippen molar-refractivity contribution in [2.75, 3.05) is 11.1 Å². The number of nitrogens with zero attached hydrogens (tertiary/aromatic N) is 3. The maximum atomic E-state index is 12.5. The van der Waals surface area contributed by atoms with E-state index in [-0.39, 0.29) is 11.7 Å². The van der Waals surface area contributed by atoms with Crippen LogP contribution in [0.1, 0.15) is 47.8 Å². The average molecular weight is 465 g/mol. The molecule has 0 unspecified atom stereocenters. The lowest BCUT2D eigenvalue weighted by Crippen LogP contribution is -2.15. The molecule has 174 valence electrons. The molecule has 1 heterocycles. The van der Waals surface area contributed by atoms with E-state index in [2.05, 4.69) is 67.1 Å². The van der Waals surface area contributed by atoms with Crippen molar-refractivity contribution in [3.05, 3.63) is 77.1 Å². The fourth-order valence-corrected chi connectivity index (χ4v) is 4.27. The van der Waals surface area contributed by atoms with Crippen LogP contribution >= 0.6 is 11.8 Å². The van der Waals surface area contributed by atoms with Crippen molar-refractivity contribution in [1.82, 2.24) is 14.8 Å². The Bertz CT molecular complexity index is 1140. The molecular weight excluding hydrogens is 432 g/mol. The number of anilines is 1. The minimum atomic E-state index is -0.0840. The lowest BCUT2D eigenvalue weighted by Gasteiger charge is -2.15. The van der Waals surface area contributed by atoms with Gasteiger partial charge >= 0.3 is 0 Å². The highest BCUT2D eigenvalue weighted by Crippen LogP contribution is 2.28. The van der Waals surface area contributed by atoms with Crippen LogP contribution in [0.15, 0.2) is 54.2 Å². The molecule has 0 spiro atoms. The molecule has 0 radical (unpaired) electrons. The lowest BCUT2D eigenvalue weighted by atomic mass is 10.0. The van der Waals surface area contributed by atoms with Crippen LogP contribution in [0.3, 0.4) is 0 Å². The fraction of sp³-hybridized carbons (Fsp3) is 0.346. The molecular formula is C26H32N4O2S. The van der Waals surface area contributed by atoms with Crippen LogP contribution < -0.4 is 10.1 Å². The van der Waals surface area contributed by atoms with Gasteiger partial charge in [-0.25, -0.2) is 0 Å². The number of nitrogens with one attached hydrogen (secondary N) is 1. The summed E-state index contributed by atoms with van der Waals surface area (Å²) in [4.78, 5) is 12.5. The Kier molecular flexibility index (Phi) is 8.33. The summed E-state index contributed by atoms with van der Waals surface area (Å²) in [6.07, 6.45) is 1.79. The minimum Gasteiger partial charge on any atom is -0.485 e. The van der Waals surface area contributed by atoms with Gasteiger partial charge in [0, 0.05) is 12.2 Å². The van der Waals surface area contributed by atoms with Crippen molar-refractivity contribution >= 4 is 23.4 Å². The number of rotatable bonds is 10. The first-order valence-electron chi connectivity index (χ1n) is 11.0. The van der Waals surface area contributed by atoms with Gasteiger partial charge < -0.3 is 10.1 Å². The molecule has 1 N–H and O–H groups in total. The van der Waals surface area contributed by atoms with E-state index >= 15 is 0 Å². The molecule has 2 aromatic carbocycles. The third kappa shape index (κ3) is 6.48. The zero-order valence-corrected chi connectivity index (χ0v) is 20.8. The number of thioether (sulfide) groups is 1. The molecule has 1 aromatic heterocycles. The number of ether oxygens (including phenoxy) is 1. The van der Waals surface area contributed by atoms with Crippen molar-refractivity contribution in [1.29, 1.82) is 0 Å². The number of amides is 1. The van der Waals surface area contributed by atoms with Crippen molar-refractivity contribution in [3.63, 3.8) is 0 Å². The fourth-order valence-electron chi connectivity index (χ4n) is 3.50. The summed E-state index contributed by atoms with van der Waals surface area (Å²) in [5.41, 5.74) is 5.34. The van der Waals surface area contributed by atoms with Crippen molar-refractivity contribution < 1.29 is 9.53 Å². The second kappa shape index (κ2) is 11.2. The van der Waals surface area contributed by atoms with E-state index in [1.165, 1.54) is 17.3 Å². The molecule has 0 aliphatic carbocycles. The van der Waals surface area contributed by atoms with Crippen LogP contribution in [-0.4, -0.2) is 26.4 Å². The molecule has 6 nitrogen and oxygen atoms in total. The van der Waals surface area contributed by atoms with Gasteiger partial charge in [-0.1, -0.05) is 61.5 Å². The number of aryl methyl sites for hydroxylation is 3. The zero-order valence-electron chi connectivity index (χ0n) is 20.0. The summed E-state index contributed by atoms with van der Waals surface area (Å²) in [6.45, 7) is 15.0. The van der Waals surface area contributed by atoms with Crippen LogP contribution in [0, 0.1) is 20.8 Å². The highest BCUT2D eigenvalue weighted by molar-refractivity contribution is 7.99. The standard InChI is InChI=1S/C26H32N4O2S/c1-7-12-30-24(15-32-23-14-19(5)8-10-21(23)17(2)3)28-29-26(30)33-16-25(31)27-22-11-9-18(4)13-20(22)6/h7-11,13-14,17H,1,12,15-16H2,2-6H3,(H,27,31). The number of carbonyl (C=O) groups is 1. The van der Waals surface area contributed by atoms with E-state index in [0.717, 1.165) is 28.1 Å². The number of allylic oxidation sites excluding steroid dienone is 1. The maximum Gasteiger partial charge on any atom is 0.234 e. The Morgan fingerprint density at radius 1 is 1.15 bits per heavy atom. The van der Waals surface area contributed by atoms with Gasteiger partial charge in [-0.05, 0) is 55.5 Å². The first-order valence-corrected chi connectivity index (χ1v) is 12.0. The van der Waals surface area contributed by atoms with E-state index in [9.17, 15) is 4.79 Å². The van der Waals surface area contributed by atoms with Crippen LogP contribution in [0.2, 0.25) is 0 Å². The van der Waals surface area contributed by atoms with Gasteiger partial charge in [-0.3, -0.25) is 9.36 Å². The van der Waals surface area contributed by atoms with E-state index in [1.807, 2.05) is 30.5 Å². The second-order valence-electron chi connectivity index (χ2n) is 8.44. The van der Waals surface area contributed by atoms with Gasteiger partial charge in [-0.15, -0.1) is 16.8 Å². The first kappa shape index (κ1) is 24.6. The predicted octanol–water partition coefficient (Wildman–Crippen LogP) is 5.82. The Balaban J connectivity index is 1.67. The Labute approximate surface area is 200 Å². The summed E-state index contributed by atoms with van der Waals surface area (Å²) >= 11 is 1.35. The van der Waals surface area contributed by atoms with Crippen LogP contribution in [0.4, 0.5) is 5.69 Å². The molecule has 0 atom stereocenters. The highest BCUT2D eigenvalue weighted by atomic mass is 32.2. The molecule has 0 bridgehead atoms. The molecule has 0 saturated heterocycles. The van der Waals surface area contributed by atoms with Gasteiger partial charge in [0.15, 0.2) is 11.0 Å². The monoisotopic (exact) mass is 464 g/mol. The summed E-state index contributed by atoms with van der Waals surface area (Å²) in [5, 5.41) is 12.3. The van der Waals surface area contributed by atoms with Gasteiger partial charge in [0.05, 0.1) is 5.75 Å². The van der Waals surface area contributed by atoms with Gasteiger partial charge in [0.2, 0.25) is 5.91 Å². The summed E-state index contributed by atoms with van der Waals surface area (Å²) in [7, 11) is 0. The SMILES string of the molecule is C=CCn1c(COc2cc(C)ccc2C(C)C)nnc1SCC(=O)Nc1ccc(C)cc1C. The van der Waals surface area contributed by atoms with E-state index < -0.39 is 0 Å². The Morgan fingerprint density at radius 2 is 1.88 bits per heavy atom. The summed E-state index contributed by atoms with van der Waals surface area (Å²) in [5.74, 6) is 2.06. The molecule has 0 saturated carbocycles. The number of hydrogen-bond acceptors (Lipinski definition) is 5.